The third kappa shape index (κ3) is 1.75. The standard InChI is InChI=1S/C10H12N2S/c1-7-8(2)13-10(12-7)9-3-5-11-6-4-9/h3-8H,1-2H3. The normalized spacial score (nSPS) is 27.4. The molecule has 2 nitrogen and oxygen atoms in total. The van der Waals surface area contributed by atoms with Gasteiger partial charge in [0, 0.05) is 23.2 Å². The first kappa shape index (κ1) is 8.75. The van der Waals surface area contributed by atoms with Gasteiger partial charge in [-0.3, -0.25) is 9.98 Å². The molecule has 1 aromatic rings. The molecule has 68 valence electrons. The van der Waals surface area contributed by atoms with Crippen LogP contribution in [0.5, 0.6) is 0 Å². The van der Waals surface area contributed by atoms with Crippen molar-refractivity contribution in [2.75, 3.05) is 0 Å². The second kappa shape index (κ2) is 3.50. The molecular formula is C10H12N2S. The van der Waals surface area contributed by atoms with Crippen LogP contribution >= 0.6 is 11.8 Å². The van der Waals surface area contributed by atoms with E-state index in [-0.39, 0.29) is 0 Å². The molecule has 0 saturated heterocycles. The van der Waals surface area contributed by atoms with Gasteiger partial charge in [0.05, 0.1) is 11.1 Å². The molecule has 0 N–H and O–H groups in total. The Hall–Kier alpha value is -0.830. The highest BCUT2D eigenvalue weighted by Gasteiger charge is 2.22. The molecule has 1 aromatic heterocycles. The Morgan fingerprint density at radius 1 is 1.23 bits per heavy atom. The van der Waals surface area contributed by atoms with Crippen LogP contribution < -0.4 is 0 Å². The zero-order valence-corrected chi connectivity index (χ0v) is 8.58. The molecule has 0 saturated carbocycles. The largest absolute Gasteiger partial charge is 0.274 e. The van der Waals surface area contributed by atoms with E-state index in [1.807, 2.05) is 36.3 Å². The SMILES string of the molecule is CC1N=C(c2ccncc2)SC1C. The number of aromatic nitrogens is 1. The van der Waals surface area contributed by atoms with E-state index < -0.39 is 0 Å². The van der Waals surface area contributed by atoms with E-state index in [1.165, 1.54) is 5.56 Å². The van der Waals surface area contributed by atoms with Crippen molar-refractivity contribution in [2.24, 2.45) is 4.99 Å². The molecule has 0 spiro atoms. The maximum absolute atomic E-state index is 4.59. The quantitative estimate of drug-likeness (QED) is 0.682. The van der Waals surface area contributed by atoms with Gasteiger partial charge in [-0.25, -0.2) is 0 Å². The van der Waals surface area contributed by atoms with Crippen molar-refractivity contribution in [3.05, 3.63) is 30.1 Å². The summed E-state index contributed by atoms with van der Waals surface area (Å²) in [6.07, 6.45) is 3.62. The summed E-state index contributed by atoms with van der Waals surface area (Å²) >= 11 is 1.85. The molecule has 2 atom stereocenters. The smallest absolute Gasteiger partial charge is 0.0985 e. The molecule has 13 heavy (non-hydrogen) atoms. The van der Waals surface area contributed by atoms with Crippen LogP contribution in [0.1, 0.15) is 19.4 Å². The van der Waals surface area contributed by atoms with Crippen LogP contribution in [-0.4, -0.2) is 21.3 Å². The van der Waals surface area contributed by atoms with Gasteiger partial charge in [0.25, 0.3) is 0 Å². The van der Waals surface area contributed by atoms with E-state index in [9.17, 15) is 0 Å². The van der Waals surface area contributed by atoms with Crippen LogP contribution in [0.2, 0.25) is 0 Å². The number of aliphatic imine (C=N–C) groups is 1. The van der Waals surface area contributed by atoms with Gasteiger partial charge in [0.2, 0.25) is 0 Å². The van der Waals surface area contributed by atoms with E-state index in [0.29, 0.717) is 11.3 Å². The Morgan fingerprint density at radius 3 is 2.46 bits per heavy atom. The van der Waals surface area contributed by atoms with Crippen LogP contribution in [0.3, 0.4) is 0 Å². The molecule has 0 aliphatic carbocycles. The van der Waals surface area contributed by atoms with E-state index in [4.69, 9.17) is 0 Å². The van der Waals surface area contributed by atoms with E-state index >= 15 is 0 Å². The predicted molar refractivity (Wildman–Crippen MR) is 57.3 cm³/mol. The summed E-state index contributed by atoms with van der Waals surface area (Å²) in [5.74, 6) is 0. The van der Waals surface area contributed by atoms with Crippen LogP contribution in [0.15, 0.2) is 29.5 Å². The lowest BCUT2D eigenvalue weighted by Gasteiger charge is -2.03. The Kier molecular flexibility index (Phi) is 2.36. The fraction of sp³-hybridized carbons (Fsp3) is 0.400. The third-order valence-electron chi connectivity index (χ3n) is 2.23. The third-order valence-corrected chi connectivity index (χ3v) is 3.56. The fourth-order valence-corrected chi connectivity index (χ4v) is 2.34. The molecule has 0 bridgehead atoms. The van der Waals surface area contributed by atoms with Crippen molar-refractivity contribution >= 4 is 16.8 Å². The second-order valence-electron chi connectivity index (χ2n) is 3.23. The lowest BCUT2D eigenvalue weighted by molar-refractivity contribution is 0.749. The Morgan fingerprint density at radius 2 is 1.92 bits per heavy atom. The molecular weight excluding hydrogens is 180 g/mol. The number of thioether (sulfide) groups is 1. The maximum atomic E-state index is 4.59. The Balaban J connectivity index is 2.25. The first-order valence-electron chi connectivity index (χ1n) is 4.42. The molecule has 0 aromatic carbocycles. The highest BCUT2D eigenvalue weighted by Crippen LogP contribution is 2.29. The summed E-state index contributed by atoms with van der Waals surface area (Å²) < 4.78 is 0. The first-order chi connectivity index (χ1) is 6.27. The van der Waals surface area contributed by atoms with Gasteiger partial charge in [0.1, 0.15) is 0 Å². The first-order valence-corrected chi connectivity index (χ1v) is 5.30. The topological polar surface area (TPSA) is 25.2 Å². The highest BCUT2D eigenvalue weighted by molar-refractivity contribution is 8.15. The second-order valence-corrected chi connectivity index (χ2v) is 4.60. The molecule has 0 fully saturated rings. The predicted octanol–water partition coefficient (Wildman–Crippen LogP) is 2.35. The minimum Gasteiger partial charge on any atom is -0.274 e. The van der Waals surface area contributed by atoms with Crippen LogP contribution in [-0.2, 0) is 0 Å². The molecule has 2 unspecified atom stereocenters. The van der Waals surface area contributed by atoms with Crippen molar-refractivity contribution in [1.82, 2.24) is 4.98 Å². The number of hydrogen-bond acceptors (Lipinski definition) is 3. The van der Waals surface area contributed by atoms with Gasteiger partial charge in [-0.2, -0.15) is 0 Å². The Labute approximate surface area is 82.5 Å². The molecule has 0 radical (unpaired) electrons. The van der Waals surface area contributed by atoms with Gasteiger partial charge in [-0.15, -0.1) is 11.8 Å². The van der Waals surface area contributed by atoms with Gasteiger partial charge in [-0.05, 0) is 19.1 Å². The molecule has 2 heterocycles. The lowest BCUT2D eigenvalue weighted by Crippen LogP contribution is -2.07. The zero-order valence-electron chi connectivity index (χ0n) is 7.77. The van der Waals surface area contributed by atoms with Crippen LogP contribution in [0.4, 0.5) is 0 Å². The zero-order chi connectivity index (χ0) is 9.26. The number of hydrogen-bond donors (Lipinski definition) is 0. The van der Waals surface area contributed by atoms with Gasteiger partial charge < -0.3 is 0 Å². The average Bonchev–Trinajstić information content (AvgIpc) is 2.49. The summed E-state index contributed by atoms with van der Waals surface area (Å²) in [6, 6.07) is 4.46. The minimum absolute atomic E-state index is 0.438. The van der Waals surface area contributed by atoms with Crippen molar-refractivity contribution in [3.8, 4) is 0 Å². The summed E-state index contributed by atoms with van der Waals surface area (Å²) in [7, 11) is 0. The number of rotatable bonds is 1. The summed E-state index contributed by atoms with van der Waals surface area (Å²) in [5, 5.41) is 1.76. The van der Waals surface area contributed by atoms with Crippen LogP contribution in [0.25, 0.3) is 0 Å². The van der Waals surface area contributed by atoms with Crippen molar-refractivity contribution < 1.29 is 0 Å². The van der Waals surface area contributed by atoms with Gasteiger partial charge >= 0.3 is 0 Å². The highest BCUT2D eigenvalue weighted by atomic mass is 32.2. The van der Waals surface area contributed by atoms with Crippen molar-refractivity contribution in [2.45, 2.75) is 25.1 Å². The monoisotopic (exact) mass is 192 g/mol. The average molecular weight is 192 g/mol. The fourth-order valence-electron chi connectivity index (χ4n) is 1.23. The van der Waals surface area contributed by atoms with E-state index in [2.05, 4.69) is 23.8 Å². The summed E-state index contributed by atoms with van der Waals surface area (Å²) in [6.45, 7) is 4.37. The van der Waals surface area contributed by atoms with E-state index in [1.54, 1.807) is 0 Å². The maximum Gasteiger partial charge on any atom is 0.0985 e. The summed E-state index contributed by atoms with van der Waals surface area (Å²) in [4.78, 5) is 8.58. The Bertz CT molecular complexity index is 321. The molecule has 1 aliphatic rings. The molecule has 2 rings (SSSR count). The van der Waals surface area contributed by atoms with Crippen molar-refractivity contribution in [1.29, 1.82) is 0 Å². The molecule has 0 amide bonds. The lowest BCUT2D eigenvalue weighted by atomic mass is 10.2. The molecule has 3 heteroatoms. The van der Waals surface area contributed by atoms with Gasteiger partial charge in [-0.1, -0.05) is 6.92 Å². The van der Waals surface area contributed by atoms with Crippen molar-refractivity contribution in [3.63, 3.8) is 0 Å². The molecule has 1 aliphatic heterocycles. The van der Waals surface area contributed by atoms with Crippen LogP contribution in [0, 0.1) is 0 Å². The number of nitrogens with zero attached hydrogens (tertiary/aromatic N) is 2. The summed E-state index contributed by atoms with van der Waals surface area (Å²) in [5.41, 5.74) is 1.19. The van der Waals surface area contributed by atoms with E-state index in [0.717, 1.165) is 5.04 Å². The minimum atomic E-state index is 0.438. The number of pyridine rings is 1. The van der Waals surface area contributed by atoms with Gasteiger partial charge in [0.15, 0.2) is 0 Å².